The fourth-order valence-corrected chi connectivity index (χ4v) is 4.14. The highest BCUT2D eigenvalue weighted by Crippen LogP contribution is 2.23. The van der Waals surface area contributed by atoms with Crippen LogP contribution in [0, 0.1) is 0 Å². The summed E-state index contributed by atoms with van der Waals surface area (Å²) < 4.78 is 1.76. The van der Waals surface area contributed by atoms with Gasteiger partial charge in [0, 0.05) is 30.9 Å². The SMILES string of the molecule is O=C(NCc1ccccc1)C1CSCN1C(=O)c1ccc(-n2ccnc2)nc1. The minimum atomic E-state index is -0.477. The maximum atomic E-state index is 12.9. The van der Waals surface area contributed by atoms with Gasteiger partial charge in [0.1, 0.15) is 18.2 Å². The zero-order valence-electron chi connectivity index (χ0n) is 15.1. The van der Waals surface area contributed by atoms with E-state index in [0.29, 0.717) is 29.6 Å². The second-order valence-electron chi connectivity index (χ2n) is 6.37. The minimum Gasteiger partial charge on any atom is -0.350 e. The third-order valence-corrected chi connectivity index (χ3v) is 5.53. The molecule has 2 amide bonds. The molecule has 142 valence electrons. The maximum Gasteiger partial charge on any atom is 0.256 e. The molecule has 1 unspecified atom stereocenters. The van der Waals surface area contributed by atoms with Crippen molar-refractivity contribution in [2.24, 2.45) is 0 Å². The van der Waals surface area contributed by atoms with Crippen molar-refractivity contribution in [1.82, 2.24) is 24.8 Å². The summed E-state index contributed by atoms with van der Waals surface area (Å²) in [6.07, 6.45) is 6.64. The molecule has 1 aliphatic rings. The lowest BCUT2D eigenvalue weighted by molar-refractivity contribution is -0.124. The fraction of sp³-hybridized carbons (Fsp3) is 0.200. The van der Waals surface area contributed by atoms with Crippen LogP contribution in [0.25, 0.3) is 5.82 Å². The molecular weight excluding hydrogens is 374 g/mol. The number of hydrogen-bond donors (Lipinski definition) is 1. The predicted molar refractivity (Wildman–Crippen MR) is 107 cm³/mol. The van der Waals surface area contributed by atoms with Crippen molar-refractivity contribution < 1.29 is 9.59 Å². The first-order valence-corrected chi connectivity index (χ1v) is 10.0. The van der Waals surface area contributed by atoms with Gasteiger partial charge in [0.05, 0.1) is 11.4 Å². The lowest BCUT2D eigenvalue weighted by Gasteiger charge is -2.23. The van der Waals surface area contributed by atoms with Gasteiger partial charge >= 0.3 is 0 Å². The smallest absolute Gasteiger partial charge is 0.256 e. The van der Waals surface area contributed by atoms with Gasteiger partial charge in [0.25, 0.3) is 5.91 Å². The molecule has 1 fully saturated rings. The standard InChI is InChI=1S/C20H19N5O2S/c26-19(23-10-15-4-2-1-3-5-15)17-12-28-14-25(17)20(27)16-6-7-18(22-11-16)24-9-8-21-13-24/h1-9,11,13,17H,10,12,14H2,(H,23,26). The minimum absolute atomic E-state index is 0.134. The molecule has 0 saturated carbocycles. The molecule has 1 N–H and O–H groups in total. The predicted octanol–water partition coefficient (Wildman–Crippen LogP) is 2.10. The van der Waals surface area contributed by atoms with Crippen LogP contribution in [0.4, 0.5) is 0 Å². The Morgan fingerprint density at radius 2 is 2.04 bits per heavy atom. The first-order chi connectivity index (χ1) is 13.7. The third-order valence-electron chi connectivity index (χ3n) is 4.52. The zero-order valence-corrected chi connectivity index (χ0v) is 15.9. The second-order valence-corrected chi connectivity index (χ2v) is 7.37. The lowest BCUT2D eigenvalue weighted by atomic mass is 10.2. The van der Waals surface area contributed by atoms with Crippen molar-refractivity contribution in [2.75, 3.05) is 11.6 Å². The molecule has 1 aliphatic heterocycles. The first-order valence-electron chi connectivity index (χ1n) is 8.87. The number of rotatable bonds is 5. The highest BCUT2D eigenvalue weighted by Gasteiger charge is 2.35. The number of pyridine rings is 1. The van der Waals surface area contributed by atoms with Crippen molar-refractivity contribution in [2.45, 2.75) is 12.6 Å². The largest absolute Gasteiger partial charge is 0.350 e. The van der Waals surface area contributed by atoms with Gasteiger partial charge in [-0.2, -0.15) is 0 Å². The van der Waals surface area contributed by atoms with E-state index in [1.54, 1.807) is 58.3 Å². The Kier molecular flexibility index (Phi) is 5.38. The topological polar surface area (TPSA) is 80.1 Å². The molecule has 1 atom stereocenters. The van der Waals surface area contributed by atoms with Gasteiger partial charge in [-0.1, -0.05) is 30.3 Å². The Labute approximate surface area is 166 Å². The highest BCUT2D eigenvalue weighted by molar-refractivity contribution is 7.99. The molecule has 4 rings (SSSR count). The van der Waals surface area contributed by atoms with Crippen molar-refractivity contribution in [3.05, 3.63) is 78.5 Å². The number of nitrogens with zero attached hydrogens (tertiary/aromatic N) is 4. The molecule has 3 heterocycles. The van der Waals surface area contributed by atoms with Crippen LogP contribution in [0.15, 0.2) is 67.4 Å². The Hall–Kier alpha value is -3.13. The van der Waals surface area contributed by atoms with Crippen LogP contribution >= 0.6 is 11.8 Å². The van der Waals surface area contributed by atoms with E-state index in [1.165, 1.54) is 0 Å². The summed E-state index contributed by atoms with van der Waals surface area (Å²) in [6, 6.07) is 12.7. The van der Waals surface area contributed by atoms with Crippen LogP contribution < -0.4 is 5.32 Å². The number of amides is 2. The molecular formula is C20H19N5O2S. The Bertz CT molecular complexity index is 944. The summed E-state index contributed by atoms with van der Waals surface area (Å²) in [5.74, 6) is 1.44. The Morgan fingerprint density at radius 1 is 1.18 bits per heavy atom. The molecule has 2 aromatic heterocycles. The van der Waals surface area contributed by atoms with Gasteiger partial charge in [0.2, 0.25) is 5.91 Å². The Balaban J connectivity index is 1.42. The van der Waals surface area contributed by atoms with E-state index >= 15 is 0 Å². The zero-order chi connectivity index (χ0) is 19.3. The monoisotopic (exact) mass is 393 g/mol. The van der Waals surface area contributed by atoms with Gasteiger partial charge in [-0.15, -0.1) is 11.8 Å². The quantitative estimate of drug-likeness (QED) is 0.718. The number of carbonyl (C=O) groups is 2. The van der Waals surface area contributed by atoms with E-state index in [0.717, 1.165) is 5.56 Å². The van der Waals surface area contributed by atoms with Crippen LogP contribution in [0.5, 0.6) is 0 Å². The normalized spacial score (nSPS) is 16.1. The van der Waals surface area contributed by atoms with E-state index < -0.39 is 6.04 Å². The van der Waals surface area contributed by atoms with E-state index in [1.807, 2.05) is 30.3 Å². The average molecular weight is 393 g/mol. The number of thioether (sulfide) groups is 1. The molecule has 0 spiro atoms. The van der Waals surface area contributed by atoms with E-state index in [2.05, 4.69) is 15.3 Å². The van der Waals surface area contributed by atoms with Gasteiger partial charge < -0.3 is 10.2 Å². The maximum absolute atomic E-state index is 12.9. The summed E-state index contributed by atoms with van der Waals surface area (Å²) in [5.41, 5.74) is 1.49. The molecule has 7 nitrogen and oxygen atoms in total. The van der Waals surface area contributed by atoms with Crippen LogP contribution in [-0.2, 0) is 11.3 Å². The average Bonchev–Trinajstić information content (AvgIpc) is 3.44. The molecule has 3 aromatic rings. The number of hydrogen-bond acceptors (Lipinski definition) is 5. The fourth-order valence-electron chi connectivity index (χ4n) is 2.99. The number of nitrogens with one attached hydrogen (secondary N) is 1. The number of benzene rings is 1. The third kappa shape index (κ3) is 3.91. The van der Waals surface area contributed by atoms with E-state index in [4.69, 9.17) is 0 Å². The summed E-state index contributed by atoms with van der Waals surface area (Å²) in [7, 11) is 0. The molecule has 0 aliphatic carbocycles. The van der Waals surface area contributed by atoms with E-state index in [-0.39, 0.29) is 11.8 Å². The molecule has 0 bridgehead atoms. The van der Waals surface area contributed by atoms with Crippen LogP contribution in [0.2, 0.25) is 0 Å². The molecule has 1 aromatic carbocycles. The van der Waals surface area contributed by atoms with Crippen LogP contribution in [-0.4, -0.2) is 48.9 Å². The van der Waals surface area contributed by atoms with E-state index in [9.17, 15) is 9.59 Å². The molecule has 0 radical (unpaired) electrons. The van der Waals surface area contributed by atoms with Crippen molar-refractivity contribution in [3.8, 4) is 5.82 Å². The van der Waals surface area contributed by atoms with Crippen LogP contribution in [0.3, 0.4) is 0 Å². The number of imidazole rings is 1. The van der Waals surface area contributed by atoms with Gasteiger partial charge in [-0.05, 0) is 17.7 Å². The lowest BCUT2D eigenvalue weighted by Crippen LogP contribution is -2.47. The van der Waals surface area contributed by atoms with Gasteiger partial charge in [-0.25, -0.2) is 9.97 Å². The Morgan fingerprint density at radius 3 is 2.75 bits per heavy atom. The summed E-state index contributed by atoms with van der Waals surface area (Å²) in [6.45, 7) is 0.448. The van der Waals surface area contributed by atoms with Crippen molar-refractivity contribution >= 4 is 23.6 Å². The molecule has 1 saturated heterocycles. The molecule has 8 heteroatoms. The summed E-state index contributed by atoms with van der Waals surface area (Å²) >= 11 is 1.58. The summed E-state index contributed by atoms with van der Waals surface area (Å²) in [4.78, 5) is 35.5. The summed E-state index contributed by atoms with van der Waals surface area (Å²) in [5, 5.41) is 2.93. The van der Waals surface area contributed by atoms with Crippen molar-refractivity contribution in [1.29, 1.82) is 0 Å². The van der Waals surface area contributed by atoms with Gasteiger partial charge in [-0.3, -0.25) is 14.2 Å². The van der Waals surface area contributed by atoms with Crippen LogP contribution in [0.1, 0.15) is 15.9 Å². The second kappa shape index (κ2) is 8.26. The number of carbonyl (C=O) groups excluding carboxylic acids is 2. The molecule has 28 heavy (non-hydrogen) atoms. The first kappa shape index (κ1) is 18.2. The highest BCUT2D eigenvalue weighted by atomic mass is 32.2. The number of aromatic nitrogens is 3. The van der Waals surface area contributed by atoms with Crippen molar-refractivity contribution in [3.63, 3.8) is 0 Å². The van der Waals surface area contributed by atoms with Gasteiger partial charge in [0.15, 0.2) is 0 Å².